The highest BCUT2D eigenvalue weighted by molar-refractivity contribution is 5.66. The van der Waals surface area contributed by atoms with Gasteiger partial charge in [0.2, 0.25) is 0 Å². The fraction of sp³-hybridized carbons (Fsp3) is 0.957. The van der Waals surface area contributed by atoms with Crippen LogP contribution < -0.4 is 0 Å². The van der Waals surface area contributed by atoms with Gasteiger partial charge in [0.1, 0.15) is 0 Å². The maximum absolute atomic E-state index is 10.4. The molecule has 0 bridgehead atoms. The maximum Gasteiger partial charge on any atom is 0.303 e. The van der Waals surface area contributed by atoms with Gasteiger partial charge < -0.3 is 25.5 Å². The average Bonchev–Trinajstić information content (AvgIpc) is 2.68. The van der Waals surface area contributed by atoms with E-state index >= 15 is 0 Å². The Morgan fingerprint density at radius 1 is 0.586 bits per heavy atom. The van der Waals surface area contributed by atoms with Gasteiger partial charge in [-0.2, -0.15) is 0 Å². The maximum atomic E-state index is 10.4. The van der Waals surface area contributed by atoms with Crippen molar-refractivity contribution in [3.8, 4) is 0 Å². The second-order valence-corrected chi connectivity index (χ2v) is 8.47. The number of aliphatic hydroxyl groups is 4. The molecule has 0 aliphatic heterocycles. The zero-order valence-electron chi connectivity index (χ0n) is 18.5. The molecule has 0 amide bonds. The lowest BCUT2D eigenvalue weighted by molar-refractivity contribution is -0.137. The Morgan fingerprint density at radius 3 is 1.38 bits per heavy atom. The Balaban J connectivity index is 3.70. The first kappa shape index (κ1) is 28.3. The topological polar surface area (TPSA) is 118 Å². The molecular weight excluding hydrogens is 372 g/mol. The van der Waals surface area contributed by atoms with Crippen molar-refractivity contribution in [1.29, 1.82) is 0 Å². The third-order valence-electron chi connectivity index (χ3n) is 5.62. The van der Waals surface area contributed by atoms with Crippen LogP contribution in [-0.2, 0) is 4.79 Å². The lowest BCUT2D eigenvalue weighted by Crippen LogP contribution is -2.35. The molecule has 0 heterocycles. The summed E-state index contributed by atoms with van der Waals surface area (Å²) in [5.41, 5.74) is 0. The summed E-state index contributed by atoms with van der Waals surface area (Å²) in [5.74, 6) is -0.772. The summed E-state index contributed by atoms with van der Waals surface area (Å²) in [6.45, 7) is 2.20. The largest absolute Gasteiger partial charge is 0.481 e. The van der Waals surface area contributed by atoms with E-state index in [2.05, 4.69) is 6.92 Å². The highest BCUT2D eigenvalue weighted by Crippen LogP contribution is 2.17. The van der Waals surface area contributed by atoms with E-state index in [0.717, 1.165) is 44.9 Å². The van der Waals surface area contributed by atoms with Gasteiger partial charge in [0.05, 0.1) is 24.4 Å². The number of rotatable bonds is 21. The molecule has 0 aromatic heterocycles. The molecule has 6 heteroatoms. The number of hydrogen-bond acceptors (Lipinski definition) is 5. The number of unbranched alkanes of at least 4 members (excludes halogenated alkanes) is 11. The van der Waals surface area contributed by atoms with Crippen molar-refractivity contribution in [2.75, 3.05) is 0 Å². The van der Waals surface area contributed by atoms with E-state index in [4.69, 9.17) is 5.11 Å². The van der Waals surface area contributed by atoms with Crippen molar-refractivity contribution in [1.82, 2.24) is 0 Å². The molecule has 29 heavy (non-hydrogen) atoms. The quantitative estimate of drug-likeness (QED) is 0.179. The van der Waals surface area contributed by atoms with Gasteiger partial charge in [0.25, 0.3) is 0 Å². The lowest BCUT2D eigenvalue weighted by Gasteiger charge is -2.23. The molecule has 0 saturated heterocycles. The fourth-order valence-corrected chi connectivity index (χ4v) is 3.59. The second-order valence-electron chi connectivity index (χ2n) is 8.47. The van der Waals surface area contributed by atoms with Gasteiger partial charge in [-0.15, -0.1) is 0 Å². The Labute approximate surface area is 177 Å². The van der Waals surface area contributed by atoms with Crippen LogP contribution in [0.1, 0.15) is 116 Å². The standard InChI is InChI=1S/C23H46O6/c1-2-3-4-5-6-7-9-12-15-19(24)21(26)18-22(27)20(25)16-13-10-8-11-14-17-23(28)29/h19-22,24-27H,2-18H2,1H3,(H,28,29). The molecule has 0 aromatic rings. The van der Waals surface area contributed by atoms with Crippen LogP contribution in [0.25, 0.3) is 0 Å². The zero-order valence-corrected chi connectivity index (χ0v) is 18.5. The van der Waals surface area contributed by atoms with E-state index in [9.17, 15) is 25.2 Å². The number of carbonyl (C=O) groups is 1. The van der Waals surface area contributed by atoms with Gasteiger partial charge in [-0.05, 0) is 19.3 Å². The summed E-state index contributed by atoms with van der Waals surface area (Å²) in [7, 11) is 0. The van der Waals surface area contributed by atoms with Crippen LogP contribution in [0.4, 0.5) is 0 Å². The molecule has 0 aliphatic rings. The molecule has 0 aromatic carbocycles. The molecule has 0 spiro atoms. The van der Waals surface area contributed by atoms with Gasteiger partial charge in [0, 0.05) is 12.8 Å². The Morgan fingerprint density at radius 2 is 0.966 bits per heavy atom. The average molecular weight is 419 g/mol. The molecule has 0 rings (SSSR count). The molecule has 4 unspecified atom stereocenters. The normalized spacial score (nSPS) is 15.8. The van der Waals surface area contributed by atoms with Gasteiger partial charge >= 0.3 is 5.97 Å². The van der Waals surface area contributed by atoms with E-state index < -0.39 is 30.4 Å². The van der Waals surface area contributed by atoms with Crippen molar-refractivity contribution in [2.24, 2.45) is 0 Å². The highest BCUT2D eigenvalue weighted by Gasteiger charge is 2.24. The van der Waals surface area contributed by atoms with E-state index in [1.165, 1.54) is 32.1 Å². The number of aliphatic carboxylic acids is 1. The summed E-state index contributed by atoms with van der Waals surface area (Å²) < 4.78 is 0. The van der Waals surface area contributed by atoms with Crippen LogP contribution in [0.5, 0.6) is 0 Å². The van der Waals surface area contributed by atoms with Gasteiger partial charge in [-0.1, -0.05) is 84.0 Å². The summed E-state index contributed by atoms with van der Waals surface area (Å²) in [6.07, 6.45) is 10.8. The first-order valence-electron chi connectivity index (χ1n) is 11.8. The molecule has 5 N–H and O–H groups in total. The molecule has 174 valence electrons. The molecule has 6 nitrogen and oxygen atoms in total. The third-order valence-corrected chi connectivity index (χ3v) is 5.62. The number of carboxylic acid groups (broad SMARTS) is 1. The first-order valence-corrected chi connectivity index (χ1v) is 11.8. The van der Waals surface area contributed by atoms with Crippen LogP contribution in [0.3, 0.4) is 0 Å². The summed E-state index contributed by atoms with van der Waals surface area (Å²) in [5, 5.41) is 48.8. The van der Waals surface area contributed by atoms with E-state index in [1.54, 1.807) is 0 Å². The Hall–Kier alpha value is -0.690. The molecular formula is C23H46O6. The summed E-state index contributed by atoms with van der Waals surface area (Å²) in [6, 6.07) is 0. The van der Waals surface area contributed by atoms with E-state index in [1.807, 2.05) is 0 Å². The Bertz CT molecular complexity index is 376. The van der Waals surface area contributed by atoms with Crippen molar-refractivity contribution in [3.63, 3.8) is 0 Å². The Kier molecular flexibility index (Phi) is 18.8. The van der Waals surface area contributed by atoms with Crippen LogP contribution in [0, 0.1) is 0 Å². The fourth-order valence-electron chi connectivity index (χ4n) is 3.59. The zero-order chi connectivity index (χ0) is 21.9. The van der Waals surface area contributed by atoms with Crippen LogP contribution in [0.2, 0.25) is 0 Å². The molecule has 4 atom stereocenters. The minimum atomic E-state index is -1.04. The first-order chi connectivity index (χ1) is 13.9. The lowest BCUT2D eigenvalue weighted by atomic mass is 9.96. The predicted molar refractivity (Wildman–Crippen MR) is 116 cm³/mol. The molecule has 0 radical (unpaired) electrons. The SMILES string of the molecule is CCCCCCCCCCC(O)C(O)CC(O)C(O)CCCCCCCC(=O)O. The summed E-state index contributed by atoms with van der Waals surface area (Å²) >= 11 is 0. The van der Waals surface area contributed by atoms with Crippen molar-refractivity contribution >= 4 is 5.97 Å². The van der Waals surface area contributed by atoms with Crippen molar-refractivity contribution < 1.29 is 30.3 Å². The van der Waals surface area contributed by atoms with Crippen molar-refractivity contribution in [3.05, 3.63) is 0 Å². The number of carboxylic acids is 1. The minimum absolute atomic E-state index is 0.0159. The third kappa shape index (κ3) is 17.8. The smallest absolute Gasteiger partial charge is 0.303 e. The van der Waals surface area contributed by atoms with Crippen LogP contribution in [0.15, 0.2) is 0 Å². The van der Waals surface area contributed by atoms with Crippen LogP contribution >= 0.6 is 0 Å². The van der Waals surface area contributed by atoms with Gasteiger partial charge in [-0.3, -0.25) is 4.79 Å². The van der Waals surface area contributed by atoms with Gasteiger partial charge in [0.15, 0.2) is 0 Å². The predicted octanol–water partition coefficient (Wildman–Crippen LogP) is 4.17. The van der Waals surface area contributed by atoms with Gasteiger partial charge in [-0.25, -0.2) is 0 Å². The number of hydrogen-bond donors (Lipinski definition) is 5. The highest BCUT2D eigenvalue weighted by atomic mass is 16.4. The monoisotopic (exact) mass is 418 g/mol. The van der Waals surface area contributed by atoms with E-state index in [0.29, 0.717) is 19.3 Å². The molecule has 0 fully saturated rings. The van der Waals surface area contributed by atoms with E-state index in [-0.39, 0.29) is 12.8 Å². The minimum Gasteiger partial charge on any atom is -0.481 e. The second kappa shape index (κ2) is 19.3. The summed E-state index contributed by atoms with van der Waals surface area (Å²) in [4.78, 5) is 10.4. The number of aliphatic hydroxyl groups excluding tert-OH is 4. The van der Waals surface area contributed by atoms with Crippen molar-refractivity contribution in [2.45, 2.75) is 140 Å². The molecule has 0 saturated carbocycles. The molecule has 0 aliphatic carbocycles. The van der Waals surface area contributed by atoms with Crippen LogP contribution in [-0.4, -0.2) is 55.9 Å².